The molecule has 4 atom stereocenters. The van der Waals surface area contributed by atoms with Crippen LogP contribution in [0, 0.1) is 17.8 Å². The van der Waals surface area contributed by atoms with Crippen LogP contribution in [0.3, 0.4) is 0 Å². The van der Waals surface area contributed by atoms with Crippen LogP contribution in [-0.2, 0) is 19.1 Å². The van der Waals surface area contributed by atoms with Crippen LogP contribution in [0.15, 0.2) is 12.7 Å². The maximum absolute atomic E-state index is 11.5. The van der Waals surface area contributed by atoms with Crippen molar-refractivity contribution in [1.82, 2.24) is 0 Å². The normalized spacial score (nSPS) is 37.4. The van der Waals surface area contributed by atoms with Crippen LogP contribution >= 0.6 is 0 Å². The highest BCUT2D eigenvalue weighted by atomic mass is 16.6. The van der Waals surface area contributed by atoms with Gasteiger partial charge in [0.15, 0.2) is 0 Å². The average Bonchev–Trinajstić information content (AvgIpc) is 2.58. The summed E-state index contributed by atoms with van der Waals surface area (Å²) in [5, 5.41) is 0. The second kappa shape index (κ2) is 4.28. The fraction of sp³-hybridized carbons (Fsp3) is 0.667. The highest BCUT2D eigenvalue weighted by molar-refractivity contribution is 5.81. The van der Waals surface area contributed by atoms with E-state index < -0.39 is 5.97 Å². The third-order valence-electron chi connectivity index (χ3n) is 3.54. The molecular formula is C12H16O4. The molecule has 4 unspecified atom stereocenters. The summed E-state index contributed by atoms with van der Waals surface area (Å²) in [4.78, 5) is 22.8. The SMILES string of the molecule is C=CC(=O)OC1C(C)CC2C(=O)OCCC21. The quantitative estimate of drug-likeness (QED) is 0.524. The third kappa shape index (κ3) is 1.84. The largest absolute Gasteiger partial charge is 0.465 e. The Balaban J connectivity index is 2.10. The maximum Gasteiger partial charge on any atom is 0.330 e. The fourth-order valence-corrected chi connectivity index (χ4v) is 2.79. The molecule has 1 aliphatic carbocycles. The lowest BCUT2D eigenvalue weighted by Gasteiger charge is -2.28. The zero-order valence-corrected chi connectivity index (χ0v) is 9.35. The van der Waals surface area contributed by atoms with Crippen molar-refractivity contribution >= 4 is 11.9 Å². The standard InChI is InChI=1S/C12H16O4/c1-3-10(13)16-11-7(2)6-9-8(11)4-5-15-12(9)14/h3,7-9,11H,1,4-6H2,2H3. The topological polar surface area (TPSA) is 52.6 Å². The maximum atomic E-state index is 11.5. The number of rotatable bonds is 2. The van der Waals surface area contributed by atoms with Crippen LogP contribution in [0.1, 0.15) is 19.8 Å². The van der Waals surface area contributed by atoms with Crippen molar-refractivity contribution in [2.45, 2.75) is 25.9 Å². The van der Waals surface area contributed by atoms with Gasteiger partial charge >= 0.3 is 11.9 Å². The van der Waals surface area contributed by atoms with E-state index in [2.05, 4.69) is 6.58 Å². The Labute approximate surface area is 94.6 Å². The summed E-state index contributed by atoms with van der Waals surface area (Å²) in [6.45, 7) is 5.83. The van der Waals surface area contributed by atoms with Crippen LogP contribution in [0.5, 0.6) is 0 Å². The number of fused-ring (bicyclic) bond motifs is 1. The van der Waals surface area contributed by atoms with Crippen molar-refractivity contribution in [3.63, 3.8) is 0 Å². The van der Waals surface area contributed by atoms with E-state index in [4.69, 9.17) is 9.47 Å². The minimum atomic E-state index is -0.406. The Morgan fingerprint density at radius 3 is 3.06 bits per heavy atom. The smallest absolute Gasteiger partial charge is 0.330 e. The first kappa shape index (κ1) is 11.2. The molecule has 0 radical (unpaired) electrons. The van der Waals surface area contributed by atoms with Gasteiger partial charge in [0, 0.05) is 12.0 Å². The molecule has 2 rings (SSSR count). The first-order valence-corrected chi connectivity index (χ1v) is 5.63. The van der Waals surface area contributed by atoms with Gasteiger partial charge in [0.1, 0.15) is 6.10 Å². The van der Waals surface area contributed by atoms with Gasteiger partial charge in [-0.3, -0.25) is 4.79 Å². The summed E-state index contributed by atoms with van der Waals surface area (Å²) >= 11 is 0. The lowest BCUT2D eigenvalue weighted by atomic mass is 9.90. The van der Waals surface area contributed by atoms with Gasteiger partial charge in [0.05, 0.1) is 12.5 Å². The molecule has 16 heavy (non-hydrogen) atoms. The van der Waals surface area contributed by atoms with E-state index >= 15 is 0 Å². The molecule has 1 saturated heterocycles. The van der Waals surface area contributed by atoms with Crippen molar-refractivity contribution in [2.24, 2.45) is 17.8 Å². The minimum Gasteiger partial charge on any atom is -0.465 e. The van der Waals surface area contributed by atoms with Crippen LogP contribution < -0.4 is 0 Å². The van der Waals surface area contributed by atoms with Crippen molar-refractivity contribution in [1.29, 1.82) is 0 Å². The molecule has 1 aliphatic heterocycles. The Hall–Kier alpha value is -1.32. The van der Waals surface area contributed by atoms with E-state index in [0.717, 1.165) is 12.8 Å². The van der Waals surface area contributed by atoms with Gasteiger partial charge in [-0.25, -0.2) is 4.79 Å². The molecule has 4 nitrogen and oxygen atoms in total. The summed E-state index contributed by atoms with van der Waals surface area (Å²) < 4.78 is 10.3. The molecule has 2 fully saturated rings. The van der Waals surface area contributed by atoms with Crippen molar-refractivity contribution in [3.8, 4) is 0 Å². The molecule has 1 heterocycles. The number of carbonyl (C=O) groups is 2. The van der Waals surface area contributed by atoms with Crippen LogP contribution in [0.2, 0.25) is 0 Å². The zero-order valence-electron chi connectivity index (χ0n) is 9.35. The predicted molar refractivity (Wildman–Crippen MR) is 56.4 cm³/mol. The van der Waals surface area contributed by atoms with Crippen molar-refractivity contribution in [3.05, 3.63) is 12.7 Å². The summed E-state index contributed by atoms with van der Waals surface area (Å²) in [6.07, 6.45) is 2.54. The molecule has 0 aromatic heterocycles. The summed E-state index contributed by atoms with van der Waals surface area (Å²) in [6, 6.07) is 0. The zero-order chi connectivity index (χ0) is 11.7. The molecule has 0 spiro atoms. The Morgan fingerprint density at radius 1 is 1.62 bits per heavy atom. The van der Waals surface area contributed by atoms with Crippen LogP contribution in [-0.4, -0.2) is 24.6 Å². The van der Waals surface area contributed by atoms with Gasteiger partial charge in [0.2, 0.25) is 0 Å². The minimum absolute atomic E-state index is 0.0913. The van der Waals surface area contributed by atoms with Gasteiger partial charge in [0.25, 0.3) is 0 Å². The Bertz CT molecular complexity index is 323. The molecule has 1 saturated carbocycles. The lowest BCUT2D eigenvalue weighted by molar-refractivity contribution is -0.161. The second-order valence-electron chi connectivity index (χ2n) is 4.55. The molecule has 0 aromatic rings. The molecule has 88 valence electrons. The molecule has 0 N–H and O–H groups in total. The van der Waals surface area contributed by atoms with Gasteiger partial charge in [-0.2, -0.15) is 0 Å². The molecule has 4 heteroatoms. The van der Waals surface area contributed by atoms with Crippen LogP contribution in [0.4, 0.5) is 0 Å². The highest BCUT2D eigenvalue weighted by Crippen LogP contribution is 2.43. The summed E-state index contributed by atoms with van der Waals surface area (Å²) in [5.41, 5.74) is 0. The summed E-state index contributed by atoms with van der Waals surface area (Å²) in [5.74, 6) is -0.298. The number of hydrogen-bond donors (Lipinski definition) is 0. The summed E-state index contributed by atoms with van der Waals surface area (Å²) in [7, 11) is 0. The lowest BCUT2D eigenvalue weighted by Crippen LogP contribution is -2.35. The average molecular weight is 224 g/mol. The number of ether oxygens (including phenoxy) is 2. The molecule has 0 amide bonds. The number of hydrogen-bond acceptors (Lipinski definition) is 4. The molecule has 0 bridgehead atoms. The Morgan fingerprint density at radius 2 is 2.38 bits per heavy atom. The second-order valence-corrected chi connectivity index (χ2v) is 4.55. The Kier molecular flexibility index (Phi) is 2.99. The van der Waals surface area contributed by atoms with Crippen LogP contribution in [0.25, 0.3) is 0 Å². The molecule has 2 aliphatic rings. The van der Waals surface area contributed by atoms with E-state index in [1.807, 2.05) is 6.92 Å². The highest BCUT2D eigenvalue weighted by Gasteiger charge is 2.49. The van der Waals surface area contributed by atoms with E-state index in [-0.39, 0.29) is 29.8 Å². The van der Waals surface area contributed by atoms with Gasteiger partial charge < -0.3 is 9.47 Å². The van der Waals surface area contributed by atoms with Crippen molar-refractivity contribution < 1.29 is 19.1 Å². The third-order valence-corrected chi connectivity index (χ3v) is 3.54. The first-order chi connectivity index (χ1) is 7.63. The van der Waals surface area contributed by atoms with Gasteiger partial charge in [-0.05, 0) is 18.8 Å². The number of carbonyl (C=O) groups excluding carboxylic acids is 2. The van der Waals surface area contributed by atoms with Gasteiger partial charge in [-0.15, -0.1) is 0 Å². The molecule has 0 aromatic carbocycles. The van der Waals surface area contributed by atoms with E-state index in [9.17, 15) is 9.59 Å². The predicted octanol–water partition coefficient (Wildman–Crippen LogP) is 1.30. The fourth-order valence-electron chi connectivity index (χ4n) is 2.79. The first-order valence-electron chi connectivity index (χ1n) is 5.63. The van der Waals surface area contributed by atoms with Crippen molar-refractivity contribution in [2.75, 3.05) is 6.61 Å². The molecular weight excluding hydrogens is 208 g/mol. The van der Waals surface area contributed by atoms with E-state index in [1.165, 1.54) is 6.08 Å². The van der Waals surface area contributed by atoms with E-state index in [1.54, 1.807) is 0 Å². The van der Waals surface area contributed by atoms with E-state index in [0.29, 0.717) is 6.61 Å². The van der Waals surface area contributed by atoms with Gasteiger partial charge in [-0.1, -0.05) is 13.5 Å². The monoisotopic (exact) mass is 224 g/mol. The number of cyclic esters (lactones) is 1. The number of esters is 2.